The summed E-state index contributed by atoms with van der Waals surface area (Å²) < 4.78 is 6.10. The van der Waals surface area contributed by atoms with Crippen molar-refractivity contribution in [1.82, 2.24) is 0 Å². The highest BCUT2D eigenvalue weighted by Crippen LogP contribution is 2.54. The molecule has 2 aromatic rings. The van der Waals surface area contributed by atoms with Gasteiger partial charge in [0.05, 0.1) is 5.54 Å². The molecule has 24 heavy (non-hydrogen) atoms. The van der Waals surface area contributed by atoms with E-state index in [0.29, 0.717) is 5.54 Å². The Kier molecular flexibility index (Phi) is 3.53. The number of furan rings is 1. The number of nitrogens with two attached hydrogens (primary N) is 1. The molecule has 0 saturated heterocycles. The molecule has 0 amide bonds. The van der Waals surface area contributed by atoms with E-state index in [4.69, 9.17) is 16.0 Å². The number of rotatable bonds is 4. The molecule has 4 aliphatic carbocycles. The van der Waals surface area contributed by atoms with E-state index in [2.05, 4.69) is 23.5 Å². The molecule has 4 fully saturated rings. The lowest BCUT2D eigenvalue weighted by molar-refractivity contribution is -0.754. The number of hydrogen-bond acceptors (Lipinski definition) is 1. The molecule has 0 atom stereocenters. The molecule has 4 aliphatic rings. The topological polar surface area (TPSA) is 29.8 Å². The van der Waals surface area contributed by atoms with E-state index in [0.717, 1.165) is 46.4 Å². The summed E-state index contributed by atoms with van der Waals surface area (Å²) in [5.74, 6) is 5.02. The molecule has 0 radical (unpaired) electrons. The van der Waals surface area contributed by atoms with Gasteiger partial charge in [-0.05, 0) is 61.3 Å². The van der Waals surface area contributed by atoms with Crippen LogP contribution in [-0.4, -0.2) is 5.54 Å². The molecular formula is C21H25ClNO+. The van der Waals surface area contributed by atoms with E-state index in [1.54, 1.807) is 0 Å². The van der Waals surface area contributed by atoms with Gasteiger partial charge in [0.15, 0.2) is 5.76 Å². The minimum atomic E-state index is 0.512. The van der Waals surface area contributed by atoms with Crippen LogP contribution in [-0.2, 0) is 6.54 Å². The molecule has 126 valence electrons. The van der Waals surface area contributed by atoms with E-state index >= 15 is 0 Å². The normalized spacial score (nSPS) is 34.0. The summed E-state index contributed by atoms with van der Waals surface area (Å²) in [5, 5.41) is 3.36. The summed E-state index contributed by atoms with van der Waals surface area (Å²) in [5.41, 5.74) is 1.57. The number of quaternary nitrogens is 1. The lowest BCUT2D eigenvalue weighted by Crippen LogP contribution is -2.97. The van der Waals surface area contributed by atoms with Crippen molar-refractivity contribution in [3.05, 3.63) is 47.2 Å². The van der Waals surface area contributed by atoms with Crippen LogP contribution in [0.2, 0.25) is 5.02 Å². The summed E-state index contributed by atoms with van der Waals surface area (Å²) >= 11 is 6.09. The van der Waals surface area contributed by atoms with Crippen LogP contribution in [0.15, 0.2) is 40.8 Å². The molecule has 2 N–H and O–H groups in total. The molecule has 0 spiro atoms. The average Bonchev–Trinajstić information content (AvgIpc) is 3.01. The van der Waals surface area contributed by atoms with Crippen LogP contribution in [0.1, 0.15) is 44.3 Å². The van der Waals surface area contributed by atoms with Gasteiger partial charge < -0.3 is 9.73 Å². The molecule has 1 aromatic carbocycles. The molecule has 0 aliphatic heterocycles. The standard InChI is InChI=1S/C21H24ClNO/c22-18-3-1-2-17(9-18)20-5-4-19(24-20)13-23-21-10-14-6-15(11-21)8-16(7-14)12-21/h1-5,9,14-16,23H,6-8,10-13H2/p+1. The maximum atomic E-state index is 6.10. The Labute approximate surface area is 148 Å². The predicted octanol–water partition coefficient (Wildman–Crippen LogP) is 4.63. The van der Waals surface area contributed by atoms with Gasteiger partial charge in [0.1, 0.15) is 12.3 Å². The van der Waals surface area contributed by atoms with Crippen LogP contribution in [0, 0.1) is 17.8 Å². The lowest BCUT2D eigenvalue weighted by Gasteiger charge is -2.54. The second kappa shape index (κ2) is 5.64. The summed E-state index contributed by atoms with van der Waals surface area (Å²) in [6.45, 7) is 0.965. The van der Waals surface area contributed by atoms with Gasteiger partial charge in [-0.2, -0.15) is 0 Å². The Balaban J connectivity index is 1.29. The third-order valence-corrected chi connectivity index (χ3v) is 6.83. The second-order valence-electron chi connectivity index (χ2n) is 8.46. The monoisotopic (exact) mass is 342 g/mol. The van der Waals surface area contributed by atoms with E-state index < -0.39 is 0 Å². The van der Waals surface area contributed by atoms with Crippen molar-refractivity contribution >= 4 is 11.6 Å². The van der Waals surface area contributed by atoms with Gasteiger partial charge in [-0.15, -0.1) is 0 Å². The van der Waals surface area contributed by atoms with Crippen LogP contribution in [0.3, 0.4) is 0 Å². The van der Waals surface area contributed by atoms with Gasteiger partial charge in [0.25, 0.3) is 0 Å². The number of hydrogen-bond donors (Lipinski definition) is 1. The van der Waals surface area contributed by atoms with Crippen LogP contribution in [0.4, 0.5) is 0 Å². The van der Waals surface area contributed by atoms with E-state index in [9.17, 15) is 0 Å². The van der Waals surface area contributed by atoms with E-state index in [-0.39, 0.29) is 0 Å². The van der Waals surface area contributed by atoms with Gasteiger partial charge in [0, 0.05) is 29.8 Å². The fourth-order valence-corrected chi connectivity index (χ4v) is 6.22. The van der Waals surface area contributed by atoms with Crippen molar-refractivity contribution in [3.63, 3.8) is 0 Å². The van der Waals surface area contributed by atoms with Crippen LogP contribution < -0.4 is 5.32 Å². The first kappa shape index (κ1) is 15.0. The molecule has 1 heterocycles. The van der Waals surface area contributed by atoms with Gasteiger partial charge in [-0.1, -0.05) is 23.7 Å². The average molecular weight is 343 g/mol. The van der Waals surface area contributed by atoms with Crippen molar-refractivity contribution in [2.75, 3.05) is 0 Å². The summed E-state index contributed by atoms with van der Waals surface area (Å²) in [6, 6.07) is 12.1. The van der Waals surface area contributed by atoms with Gasteiger partial charge in [0.2, 0.25) is 0 Å². The van der Waals surface area contributed by atoms with E-state index in [1.165, 1.54) is 38.5 Å². The van der Waals surface area contributed by atoms with Crippen LogP contribution >= 0.6 is 11.6 Å². The molecule has 4 bridgehead atoms. The highest BCUT2D eigenvalue weighted by molar-refractivity contribution is 6.30. The highest BCUT2D eigenvalue weighted by Gasteiger charge is 2.53. The minimum Gasteiger partial charge on any atom is -0.455 e. The molecule has 6 rings (SSSR count). The summed E-state index contributed by atoms with van der Waals surface area (Å²) in [6.07, 6.45) is 8.81. The Hall–Kier alpha value is -1.25. The first-order valence-electron chi connectivity index (χ1n) is 9.36. The van der Waals surface area contributed by atoms with Gasteiger partial charge in [-0.25, -0.2) is 0 Å². The second-order valence-corrected chi connectivity index (χ2v) is 8.90. The third kappa shape index (κ3) is 2.70. The minimum absolute atomic E-state index is 0.512. The Morgan fingerprint density at radius 1 is 1.00 bits per heavy atom. The van der Waals surface area contributed by atoms with Crippen LogP contribution in [0.25, 0.3) is 11.3 Å². The van der Waals surface area contributed by atoms with Crippen molar-refractivity contribution in [3.8, 4) is 11.3 Å². The maximum Gasteiger partial charge on any atom is 0.158 e. The molecule has 0 unspecified atom stereocenters. The smallest absolute Gasteiger partial charge is 0.158 e. The zero-order valence-corrected chi connectivity index (χ0v) is 14.8. The first-order chi connectivity index (χ1) is 11.7. The zero-order valence-electron chi connectivity index (χ0n) is 14.0. The molecule has 1 aromatic heterocycles. The Morgan fingerprint density at radius 3 is 2.38 bits per heavy atom. The van der Waals surface area contributed by atoms with Crippen molar-refractivity contribution in [1.29, 1.82) is 0 Å². The summed E-state index contributed by atoms with van der Waals surface area (Å²) in [7, 11) is 0. The molecule has 4 saturated carbocycles. The highest BCUT2D eigenvalue weighted by atomic mass is 35.5. The summed E-state index contributed by atoms with van der Waals surface area (Å²) in [4.78, 5) is 0. The predicted molar refractivity (Wildman–Crippen MR) is 95.7 cm³/mol. The van der Waals surface area contributed by atoms with E-state index in [1.807, 2.05) is 18.2 Å². The Morgan fingerprint density at radius 2 is 1.71 bits per heavy atom. The zero-order chi connectivity index (χ0) is 16.1. The quantitative estimate of drug-likeness (QED) is 0.862. The largest absolute Gasteiger partial charge is 0.455 e. The third-order valence-electron chi connectivity index (χ3n) is 6.59. The van der Waals surface area contributed by atoms with Crippen molar-refractivity contribution < 1.29 is 9.73 Å². The Bertz CT molecular complexity index is 715. The van der Waals surface area contributed by atoms with Crippen molar-refractivity contribution in [2.45, 2.75) is 50.6 Å². The molecule has 2 nitrogen and oxygen atoms in total. The number of halogens is 1. The first-order valence-corrected chi connectivity index (χ1v) is 9.74. The molecular weight excluding hydrogens is 318 g/mol. The number of benzene rings is 1. The lowest BCUT2D eigenvalue weighted by atomic mass is 9.53. The maximum absolute atomic E-state index is 6.10. The van der Waals surface area contributed by atoms with Gasteiger partial charge >= 0.3 is 0 Å². The van der Waals surface area contributed by atoms with Crippen LogP contribution in [0.5, 0.6) is 0 Å². The van der Waals surface area contributed by atoms with Crippen molar-refractivity contribution in [2.24, 2.45) is 17.8 Å². The SMILES string of the molecule is Clc1cccc(-c2ccc(C[NH2+]C34CC5CC(CC(C5)C3)C4)o2)c1. The fourth-order valence-electron chi connectivity index (χ4n) is 6.03. The fraction of sp³-hybridized carbons (Fsp3) is 0.524. The molecule has 3 heteroatoms. The van der Waals surface area contributed by atoms with Gasteiger partial charge in [-0.3, -0.25) is 0 Å².